The lowest BCUT2D eigenvalue weighted by atomic mass is 9.86. The van der Waals surface area contributed by atoms with Crippen LogP contribution in [0.15, 0.2) is 30.3 Å². The molecule has 1 fully saturated rings. The number of aryl methyl sites for hydroxylation is 1. The molecular formula is C26H30Cl2N2O2. The van der Waals surface area contributed by atoms with Gasteiger partial charge in [0.15, 0.2) is 0 Å². The Morgan fingerprint density at radius 2 is 1.84 bits per heavy atom. The highest BCUT2D eigenvalue weighted by atomic mass is 35.5. The summed E-state index contributed by atoms with van der Waals surface area (Å²) in [4.78, 5) is 17.4. The van der Waals surface area contributed by atoms with Crippen LogP contribution in [0.4, 0.5) is 10.5 Å². The minimum atomic E-state index is -0.484. The molecule has 5 rings (SSSR count). The molecule has 0 unspecified atom stereocenters. The van der Waals surface area contributed by atoms with E-state index in [1.165, 1.54) is 35.2 Å². The largest absolute Gasteiger partial charge is 0.444 e. The van der Waals surface area contributed by atoms with Gasteiger partial charge in [0.1, 0.15) is 5.60 Å². The van der Waals surface area contributed by atoms with Crippen LogP contribution < -0.4 is 4.90 Å². The molecule has 6 heteroatoms. The number of rotatable bonds is 1. The Labute approximate surface area is 200 Å². The summed E-state index contributed by atoms with van der Waals surface area (Å²) in [6.07, 6.45) is 4.26. The van der Waals surface area contributed by atoms with Crippen molar-refractivity contribution >= 4 is 35.0 Å². The molecule has 170 valence electrons. The molecule has 2 atom stereocenters. The number of carbonyl (C=O) groups excluding carboxylic acids is 1. The summed E-state index contributed by atoms with van der Waals surface area (Å²) in [5.41, 5.74) is 5.96. The maximum absolute atomic E-state index is 12.8. The monoisotopic (exact) mass is 472 g/mol. The quantitative estimate of drug-likeness (QED) is 0.451. The molecule has 1 saturated heterocycles. The SMILES string of the molecule is CC(C)(C)OC(=O)N1CC[C@H]2[C@@H](C1)c1cc(-c3ccc(Cl)c(Cl)c3)cc3c1N2CCCC3. The molecule has 0 radical (unpaired) electrons. The summed E-state index contributed by atoms with van der Waals surface area (Å²) >= 11 is 12.5. The van der Waals surface area contributed by atoms with E-state index < -0.39 is 5.60 Å². The summed E-state index contributed by atoms with van der Waals surface area (Å²) in [6, 6.07) is 11.0. The summed E-state index contributed by atoms with van der Waals surface area (Å²) < 4.78 is 5.69. The Kier molecular flexibility index (Phi) is 5.58. The van der Waals surface area contributed by atoms with Gasteiger partial charge in [-0.3, -0.25) is 0 Å². The van der Waals surface area contributed by atoms with Crippen LogP contribution in [-0.2, 0) is 11.2 Å². The zero-order valence-corrected chi connectivity index (χ0v) is 20.5. The minimum Gasteiger partial charge on any atom is -0.444 e. The lowest BCUT2D eigenvalue weighted by molar-refractivity contribution is 0.0189. The Hall–Kier alpha value is -1.91. The van der Waals surface area contributed by atoms with Crippen LogP contribution in [0.3, 0.4) is 0 Å². The van der Waals surface area contributed by atoms with Crippen molar-refractivity contribution in [1.29, 1.82) is 0 Å². The fourth-order valence-corrected chi connectivity index (χ4v) is 5.83. The smallest absolute Gasteiger partial charge is 0.410 e. The molecular weight excluding hydrogens is 443 g/mol. The van der Waals surface area contributed by atoms with E-state index in [4.69, 9.17) is 27.9 Å². The molecule has 32 heavy (non-hydrogen) atoms. The summed E-state index contributed by atoms with van der Waals surface area (Å²) in [6.45, 7) is 8.31. The van der Waals surface area contributed by atoms with E-state index in [1.54, 1.807) is 0 Å². The van der Waals surface area contributed by atoms with Crippen LogP contribution in [0.25, 0.3) is 11.1 Å². The molecule has 0 saturated carbocycles. The zero-order chi connectivity index (χ0) is 22.6. The molecule has 2 aromatic carbocycles. The number of piperidine rings is 1. The third-order valence-electron chi connectivity index (χ3n) is 6.88. The number of hydrogen-bond donors (Lipinski definition) is 0. The topological polar surface area (TPSA) is 32.8 Å². The van der Waals surface area contributed by atoms with Gasteiger partial charge in [0.2, 0.25) is 0 Å². The van der Waals surface area contributed by atoms with Crippen molar-refractivity contribution in [3.63, 3.8) is 0 Å². The molecule has 0 bridgehead atoms. The Balaban J connectivity index is 1.54. The van der Waals surface area contributed by atoms with Crippen LogP contribution >= 0.6 is 23.2 Å². The van der Waals surface area contributed by atoms with Crippen molar-refractivity contribution in [2.24, 2.45) is 0 Å². The number of hydrogen-bond acceptors (Lipinski definition) is 3. The predicted molar refractivity (Wildman–Crippen MR) is 131 cm³/mol. The second-order valence-electron chi connectivity index (χ2n) is 10.2. The number of nitrogens with zero attached hydrogens (tertiary/aromatic N) is 2. The van der Waals surface area contributed by atoms with Gasteiger partial charge in [-0.1, -0.05) is 29.3 Å². The first-order chi connectivity index (χ1) is 15.2. The second-order valence-corrected chi connectivity index (χ2v) is 11.1. The van der Waals surface area contributed by atoms with Crippen LogP contribution in [0.5, 0.6) is 0 Å². The lowest BCUT2D eigenvalue weighted by Gasteiger charge is -2.39. The molecule has 0 N–H and O–H groups in total. The first kappa shape index (κ1) is 21.9. The van der Waals surface area contributed by atoms with Gasteiger partial charge in [0.25, 0.3) is 0 Å². The first-order valence-corrected chi connectivity index (χ1v) is 12.3. The highest BCUT2D eigenvalue weighted by molar-refractivity contribution is 6.42. The number of ether oxygens (including phenoxy) is 1. The lowest BCUT2D eigenvalue weighted by Crippen LogP contribution is -2.49. The van der Waals surface area contributed by atoms with Gasteiger partial charge in [-0.25, -0.2) is 4.79 Å². The van der Waals surface area contributed by atoms with Gasteiger partial charge >= 0.3 is 6.09 Å². The van der Waals surface area contributed by atoms with Crippen LogP contribution in [0, 0.1) is 0 Å². The predicted octanol–water partition coefficient (Wildman–Crippen LogP) is 6.91. The first-order valence-electron chi connectivity index (χ1n) is 11.6. The van der Waals surface area contributed by atoms with E-state index in [-0.39, 0.29) is 6.09 Å². The fourth-order valence-electron chi connectivity index (χ4n) is 5.54. The van der Waals surface area contributed by atoms with Crippen molar-refractivity contribution in [2.75, 3.05) is 24.5 Å². The molecule has 0 aromatic heterocycles. The van der Waals surface area contributed by atoms with Gasteiger partial charge in [-0.2, -0.15) is 0 Å². The number of fused-ring (bicyclic) bond motifs is 3. The van der Waals surface area contributed by atoms with E-state index in [0.29, 0.717) is 28.5 Å². The summed E-state index contributed by atoms with van der Waals surface area (Å²) in [5, 5.41) is 1.14. The summed E-state index contributed by atoms with van der Waals surface area (Å²) in [5.74, 6) is 0.297. The number of anilines is 1. The van der Waals surface area contributed by atoms with Crippen molar-refractivity contribution in [1.82, 2.24) is 4.90 Å². The Bertz CT molecular complexity index is 1060. The fraction of sp³-hybridized carbons (Fsp3) is 0.500. The van der Waals surface area contributed by atoms with Crippen molar-refractivity contribution in [3.05, 3.63) is 51.5 Å². The number of amides is 1. The average molecular weight is 473 g/mol. The van der Waals surface area contributed by atoms with E-state index in [1.807, 2.05) is 43.9 Å². The van der Waals surface area contributed by atoms with Crippen LogP contribution in [0.2, 0.25) is 10.0 Å². The second kappa shape index (κ2) is 8.14. The van der Waals surface area contributed by atoms with Crippen LogP contribution in [-0.4, -0.2) is 42.3 Å². The third kappa shape index (κ3) is 3.97. The number of carbonyl (C=O) groups is 1. The molecule has 2 aromatic rings. The zero-order valence-electron chi connectivity index (χ0n) is 19.0. The van der Waals surface area contributed by atoms with Gasteiger partial charge in [0.05, 0.1) is 10.0 Å². The van der Waals surface area contributed by atoms with Crippen LogP contribution in [0.1, 0.15) is 57.1 Å². The molecule has 3 heterocycles. The van der Waals surface area contributed by atoms with Crippen molar-refractivity contribution in [2.45, 2.75) is 64.0 Å². The molecule has 0 aliphatic carbocycles. The number of likely N-dealkylation sites (tertiary alicyclic amines) is 1. The molecule has 4 nitrogen and oxygen atoms in total. The molecule has 3 aliphatic rings. The third-order valence-corrected chi connectivity index (χ3v) is 7.62. The highest BCUT2D eigenvalue weighted by Crippen LogP contribution is 2.49. The van der Waals surface area contributed by atoms with Gasteiger partial charge in [-0.15, -0.1) is 0 Å². The molecule has 0 spiro atoms. The number of benzene rings is 2. The van der Waals surface area contributed by atoms with Crippen molar-refractivity contribution < 1.29 is 9.53 Å². The van der Waals surface area contributed by atoms with E-state index in [0.717, 1.165) is 31.5 Å². The van der Waals surface area contributed by atoms with E-state index >= 15 is 0 Å². The van der Waals surface area contributed by atoms with Gasteiger partial charge in [0, 0.05) is 37.3 Å². The van der Waals surface area contributed by atoms with E-state index in [2.05, 4.69) is 17.0 Å². The van der Waals surface area contributed by atoms with Gasteiger partial charge < -0.3 is 14.5 Å². The highest BCUT2D eigenvalue weighted by Gasteiger charge is 2.45. The number of halogens is 2. The normalized spacial score (nSPS) is 22.3. The minimum absolute atomic E-state index is 0.205. The summed E-state index contributed by atoms with van der Waals surface area (Å²) in [7, 11) is 0. The maximum atomic E-state index is 12.8. The van der Waals surface area contributed by atoms with Crippen molar-refractivity contribution in [3.8, 4) is 11.1 Å². The molecule has 3 aliphatic heterocycles. The van der Waals surface area contributed by atoms with E-state index in [9.17, 15) is 4.79 Å². The average Bonchev–Trinajstić information content (AvgIpc) is 2.89. The Morgan fingerprint density at radius 3 is 2.59 bits per heavy atom. The maximum Gasteiger partial charge on any atom is 0.410 e. The Morgan fingerprint density at radius 1 is 1.03 bits per heavy atom. The van der Waals surface area contributed by atoms with Gasteiger partial charge in [-0.05, 0) is 93.0 Å². The molecule has 1 amide bonds. The standard InChI is InChI=1S/C26H30Cl2N2O2/c1-26(2,3)32-25(31)29-11-9-23-20(15-29)19-13-18(16-7-8-21(27)22(28)14-16)12-17-6-4-5-10-30(23)24(17)19/h7-8,12-14,20,23H,4-6,9-11,15H2,1-3H3/t20-,23-/m0/s1.